The van der Waals surface area contributed by atoms with Gasteiger partial charge in [0.1, 0.15) is 5.82 Å². The second-order valence-corrected chi connectivity index (χ2v) is 6.68. The summed E-state index contributed by atoms with van der Waals surface area (Å²) in [4.78, 5) is 22.3. The zero-order chi connectivity index (χ0) is 20.1. The number of hydrogen-bond acceptors (Lipinski definition) is 5. The Labute approximate surface area is 168 Å². The Balaban J connectivity index is 1.28. The van der Waals surface area contributed by atoms with Crippen molar-refractivity contribution in [1.82, 2.24) is 25.8 Å². The zero-order valence-corrected chi connectivity index (χ0v) is 16.2. The van der Waals surface area contributed by atoms with Crippen LogP contribution < -0.4 is 15.5 Å². The van der Waals surface area contributed by atoms with Gasteiger partial charge in [-0.05, 0) is 36.2 Å². The minimum absolute atomic E-state index is 0.197. The predicted octanol–water partition coefficient (Wildman–Crippen LogP) is 2.06. The predicted molar refractivity (Wildman–Crippen MR) is 109 cm³/mol. The SMILES string of the molecule is CN=C(NCc1ccc(N2CCCC2=O)cc1)NCc1nc(-c2ccco2)n[nH]1. The fraction of sp³-hybridized carbons (Fsp3) is 0.300. The Hall–Kier alpha value is -3.62. The van der Waals surface area contributed by atoms with E-state index in [-0.39, 0.29) is 5.91 Å². The van der Waals surface area contributed by atoms with Crippen LogP contribution in [-0.4, -0.2) is 40.6 Å². The fourth-order valence-electron chi connectivity index (χ4n) is 3.18. The third-order valence-corrected chi connectivity index (χ3v) is 4.70. The highest BCUT2D eigenvalue weighted by Crippen LogP contribution is 2.21. The number of carbonyl (C=O) groups excluding carboxylic acids is 1. The molecule has 1 aliphatic heterocycles. The van der Waals surface area contributed by atoms with Gasteiger partial charge in [0.25, 0.3) is 0 Å². The van der Waals surface area contributed by atoms with Gasteiger partial charge in [-0.15, -0.1) is 5.10 Å². The molecule has 4 rings (SSSR count). The Morgan fingerprint density at radius 1 is 1.24 bits per heavy atom. The molecule has 1 aliphatic rings. The van der Waals surface area contributed by atoms with E-state index >= 15 is 0 Å². The number of anilines is 1. The number of guanidine groups is 1. The average molecular weight is 393 g/mol. The van der Waals surface area contributed by atoms with Gasteiger partial charge in [-0.1, -0.05) is 12.1 Å². The fourth-order valence-corrected chi connectivity index (χ4v) is 3.18. The van der Waals surface area contributed by atoms with Crippen molar-refractivity contribution in [3.05, 3.63) is 54.0 Å². The molecule has 3 heterocycles. The van der Waals surface area contributed by atoms with Gasteiger partial charge in [0.05, 0.1) is 12.8 Å². The number of aromatic amines is 1. The topological polar surface area (TPSA) is 111 Å². The van der Waals surface area contributed by atoms with E-state index in [4.69, 9.17) is 4.42 Å². The number of nitrogens with one attached hydrogen (secondary N) is 3. The van der Waals surface area contributed by atoms with Gasteiger partial charge in [-0.25, -0.2) is 4.98 Å². The molecular weight excluding hydrogens is 370 g/mol. The molecule has 0 saturated carbocycles. The molecule has 9 nitrogen and oxygen atoms in total. The monoisotopic (exact) mass is 393 g/mol. The first-order chi connectivity index (χ1) is 14.2. The van der Waals surface area contributed by atoms with Gasteiger partial charge in [-0.3, -0.25) is 14.9 Å². The van der Waals surface area contributed by atoms with E-state index in [0.717, 1.165) is 24.2 Å². The number of amides is 1. The molecule has 0 atom stereocenters. The molecule has 150 valence electrons. The highest BCUT2D eigenvalue weighted by molar-refractivity contribution is 5.95. The summed E-state index contributed by atoms with van der Waals surface area (Å²) >= 11 is 0. The van der Waals surface area contributed by atoms with Crippen LogP contribution in [0.25, 0.3) is 11.6 Å². The third kappa shape index (κ3) is 4.45. The number of benzene rings is 1. The lowest BCUT2D eigenvalue weighted by molar-refractivity contribution is -0.117. The molecule has 0 aliphatic carbocycles. The van der Waals surface area contributed by atoms with Crippen molar-refractivity contribution in [3.8, 4) is 11.6 Å². The van der Waals surface area contributed by atoms with E-state index in [1.807, 2.05) is 35.2 Å². The highest BCUT2D eigenvalue weighted by atomic mass is 16.3. The molecule has 1 amide bonds. The molecular formula is C20H23N7O2. The van der Waals surface area contributed by atoms with Gasteiger partial charge in [-0.2, -0.15) is 0 Å². The molecule has 29 heavy (non-hydrogen) atoms. The first-order valence-corrected chi connectivity index (χ1v) is 9.52. The first-order valence-electron chi connectivity index (χ1n) is 9.52. The molecule has 0 bridgehead atoms. The Morgan fingerprint density at radius 3 is 2.76 bits per heavy atom. The molecule has 3 N–H and O–H groups in total. The molecule has 3 aromatic rings. The van der Waals surface area contributed by atoms with Gasteiger partial charge in [0, 0.05) is 32.2 Å². The summed E-state index contributed by atoms with van der Waals surface area (Å²) in [5.41, 5.74) is 2.06. The maximum absolute atomic E-state index is 11.8. The van der Waals surface area contributed by atoms with E-state index in [2.05, 4.69) is 30.8 Å². The van der Waals surface area contributed by atoms with Gasteiger partial charge >= 0.3 is 0 Å². The van der Waals surface area contributed by atoms with Crippen LogP contribution in [0.1, 0.15) is 24.2 Å². The summed E-state index contributed by atoms with van der Waals surface area (Å²) in [6.07, 6.45) is 3.16. The van der Waals surface area contributed by atoms with Gasteiger partial charge in [0.15, 0.2) is 11.7 Å². The number of aromatic nitrogens is 3. The second-order valence-electron chi connectivity index (χ2n) is 6.68. The number of furan rings is 1. The molecule has 0 unspecified atom stereocenters. The lowest BCUT2D eigenvalue weighted by Crippen LogP contribution is -2.36. The van der Waals surface area contributed by atoms with Crippen LogP contribution in [0.4, 0.5) is 5.69 Å². The van der Waals surface area contributed by atoms with Crippen LogP contribution in [0.5, 0.6) is 0 Å². The summed E-state index contributed by atoms with van der Waals surface area (Å²) in [6, 6.07) is 11.6. The smallest absolute Gasteiger partial charge is 0.227 e. The molecule has 1 fully saturated rings. The number of aliphatic imine (C=N–C) groups is 1. The summed E-state index contributed by atoms with van der Waals surface area (Å²) < 4.78 is 5.29. The van der Waals surface area contributed by atoms with E-state index < -0.39 is 0 Å². The molecule has 2 aromatic heterocycles. The second kappa shape index (κ2) is 8.59. The summed E-state index contributed by atoms with van der Waals surface area (Å²) in [5.74, 6) is 2.67. The molecule has 0 spiro atoms. The number of rotatable bonds is 6. The van der Waals surface area contributed by atoms with Crippen LogP contribution in [0, 0.1) is 0 Å². The van der Waals surface area contributed by atoms with Crippen molar-refractivity contribution in [2.75, 3.05) is 18.5 Å². The van der Waals surface area contributed by atoms with Crippen molar-refractivity contribution < 1.29 is 9.21 Å². The molecule has 1 aromatic carbocycles. The Bertz CT molecular complexity index is 977. The minimum atomic E-state index is 0.197. The summed E-state index contributed by atoms with van der Waals surface area (Å²) in [5, 5.41) is 13.5. The van der Waals surface area contributed by atoms with Gasteiger partial charge in [0.2, 0.25) is 11.7 Å². The van der Waals surface area contributed by atoms with E-state index in [1.54, 1.807) is 19.4 Å². The normalized spacial score (nSPS) is 14.4. The van der Waals surface area contributed by atoms with Crippen molar-refractivity contribution in [3.63, 3.8) is 0 Å². The standard InChI is InChI=1S/C20H23N7O2/c1-21-20(23-13-17-24-19(26-25-17)16-4-3-11-29-16)22-12-14-6-8-15(9-7-14)27-10-2-5-18(27)28/h3-4,6-9,11H,2,5,10,12-13H2,1H3,(H2,21,22,23)(H,24,25,26). The number of nitrogens with zero attached hydrogens (tertiary/aromatic N) is 4. The maximum Gasteiger partial charge on any atom is 0.227 e. The Morgan fingerprint density at radius 2 is 2.07 bits per heavy atom. The van der Waals surface area contributed by atoms with Crippen LogP contribution in [0.15, 0.2) is 52.1 Å². The Kier molecular flexibility index (Phi) is 5.55. The number of H-pyrrole nitrogens is 1. The van der Waals surface area contributed by atoms with E-state index in [0.29, 0.717) is 42.9 Å². The maximum atomic E-state index is 11.8. The van der Waals surface area contributed by atoms with Crippen molar-refractivity contribution >= 4 is 17.6 Å². The van der Waals surface area contributed by atoms with Gasteiger partial charge < -0.3 is 20.0 Å². The highest BCUT2D eigenvalue weighted by Gasteiger charge is 2.21. The average Bonchev–Trinajstić information content (AvgIpc) is 3.50. The number of carbonyl (C=O) groups is 1. The molecule has 0 radical (unpaired) electrons. The summed E-state index contributed by atoms with van der Waals surface area (Å²) in [7, 11) is 1.71. The van der Waals surface area contributed by atoms with Crippen molar-refractivity contribution in [2.24, 2.45) is 4.99 Å². The zero-order valence-electron chi connectivity index (χ0n) is 16.2. The lowest BCUT2D eigenvalue weighted by Gasteiger charge is -2.16. The van der Waals surface area contributed by atoms with Crippen LogP contribution in [0.2, 0.25) is 0 Å². The lowest BCUT2D eigenvalue weighted by atomic mass is 10.2. The summed E-state index contributed by atoms with van der Waals surface area (Å²) in [6.45, 7) is 1.86. The van der Waals surface area contributed by atoms with Crippen LogP contribution >= 0.6 is 0 Å². The third-order valence-electron chi connectivity index (χ3n) is 4.70. The van der Waals surface area contributed by atoms with Crippen molar-refractivity contribution in [1.29, 1.82) is 0 Å². The minimum Gasteiger partial charge on any atom is -0.461 e. The van der Waals surface area contributed by atoms with E-state index in [9.17, 15) is 4.79 Å². The van der Waals surface area contributed by atoms with Crippen LogP contribution in [0.3, 0.4) is 0 Å². The largest absolute Gasteiger partial charge is 0.461 e. The quantitative estimate of drug-likeness (QED) is 0.437. The van der Waals surface area contributed by atoms with Crippen LogP contribution in [-0.2, 0) is 17.9 Å². The van der Waals surface area contributed by atoms with E-state index in [1.165, 1.54) is 0 Å². The number of hydrogen-bond donors (Lipinski definition) is 3. The van der Waals surface area contributed by atoms with Crippen molar-refractivity contribution in [2.45, 2.75) is 25.9 Å². The molecule has 1 saturated heterocycles. The molecule has 9 heteroatoms. The first kappa shape index (κ1) is 18.7.